The number of carbonyl (C=O) groups excluding carboxylic acids is 1. The third kappa shape index (κ3) is 6.86. The Morgan fingerprint density at radius 1 is 1.30 bits per heavy atom. The first-order chi connectivity index (χ1) is 11.0. The Kier molecular flexibility index (Phi) is 8.40. The van der Waals surface area contributed by atoms with Crippen LogP contribution in [0.2, 0.25) is 5.02 Å². The molecule has 0 aliphatic heterocycles. The number of ether oxygens (including phenoxy) is 1. The lowest BCUT2D eigenvalue weighted by atomic mass is 10.1. The predicted molar refractivity (Wildman–Crippen MR) is 91.1 cm³/mol. The van der Waals surface area contributed by atoms with Gasteiger partial charge in [0, 0.05) is 24.1 Å². The zero-order valence-electron chi connectivity index (χ0n) is 13.6. The van der Waals surface area contributed by atoms with Crippen molar-refractivity contribution in [2.45, 2.75) is 46.0 Å². The van der Waals surface area contributed by atoms with Gasteiger partial charge in [-0.05, 0) is 38.3 Å². The summed E-state index contributed by atoms with van der Waals surface area (Å²) in [6, 6.07) is 3.07. The third-order valence-corrected chi connectivity index (χ3v) is 3.81. The molecule has 0 aromatic heterocycles. The van der Waals surface area contributed by atoms with Gasteiger partial charge in [-0.2, -0.15) is 0 Å². The van der Waals surface area contributed by atoms with E-state index in [1.54, 1.807) is 19.9 Å². The van der Waals surface area contributed by atoms with Gasteiger partial charge >= 0.3 is 5.97 Å². The van der Waals surface area contributed by atoms with Crippen LogP contribution in [0.3, 0.4) is 0 Å². The number of unbranched alkanes of at least 4 members (excludes halogenated alkanes) is 3. The van der Waals surface area contributed by atoms with Crippen LogP contribution in [0.4, 0.5) is 11.4 Å². The summed E-state index contributed by atoms with van der Waals surface area (Å²) in [6.07, 6.45) is 3.98. The highest BCUT2D eigenvalue weighted by Crippen LogP contribution is 2.30. The number of halogens is 1. The first-order valence-electron chi connectivity index (χ1n) is 7.79. The lowest BCUT2D eigenvalue weighted by Crippen LogP contribution is -2.05. The Bertz CT molecular complexity index is 549. The molecule has 0 radical (unpaired) electrons. The number of hydrogen-bond acceptors (Lipinski definition) is 5. The summed E-state index contributed by atoms with van der Waals surface area (Å²) in [7, 11) is 0. The van der Waals surface area contributed by atoms with Crippen LogP contribution in [0.25, 0.3) is 0 Å². The van der Waals surface area contributed by atoms with Crippen LogP contribution >= 0.6 is 11.6 Å². The molecule has 0 atom stereocenters. The minimum absolute atomic E-state index is 0.0363. The molecule has 0 bridgehead atoms. The summed E-state index contributed by atoms with van der Waals surface area (Å²) in [4.78, 5) is 21.8. The van der Waals surface area contributed by atoms with Gasteiger partial charge in [0.15, 0.2) is 0 Å². The molecule has 0 spiro atoms. The number of rotatable bonds is 10. The standard InChI is InChI=1S/C16H23ClN2O4/c1-3-23-16(20)8-6-4-5-7-9-18-14-11-13(17)12(2)10-15(14)19(21)22/h10-11,18H,3-9H2,1-2H3. The van der Waals surface area contributed by atoms with E-state index < -0.39 is 4.92 Å². The molecule has 7 heteroatoms. The molecule has 0 saturated heterocycles. The van der Waals surface area contributed by atoms with Crippen molar-refractivity contribution in [2.75, 3.05) is 18.5 Å². The molecule has 23 heavy (non-hydrogen) atoms. The van der Waals surface area contributed by atoms with Crippen molar-refractivity contribution in [1.82, 2.24) is 0 Å². The van der Waals surface area contributed by atoms with Gasteiger partial charge in [-0.25, -0.2) is 0 Å². The van der Waals surface area contributed by atoms with Crippen LogP contribution in [0.15, 0.2) is 12.1 Å². The number of carbonyl (C=O) groups is 1. The summed E-state index contributed by atoms with van der Waals surface area (Å²) < 4.78 is 4.86. The first kappa shape index (κ1) is 19.2. The second kappa shape index (κ2) is 10.0. The van der Waals surface area contributed by atoms with E-state index in [1.807, 2.05) is 0 Å². The number of nitro groups is 1. The SMILES string of the molecule is CCOC(=O)CCCCCCNc1cc(Cl)c(C)cc1[N+](=O)[O-]. The minimum Gasteiger partial charge on any atom is -0.466 e. The van der Waals surface area contributed by atoms with Crippen LogP contribution in [0, 0.1) is 17.0 Å². The average Bonchev–Trinajstić information content (AvgIpc) is 2.49. The summed E-state index contributed by atoms with van der Waals surface area (Å²) in [5, 5.41) is 14.6. The van der Waals surface area contributed by atoms with Gasteiger partial charge in [-0.1, -0.05) is 24.4 Å². The normalized spacial score (nSPS) is 10.4. The molecule has 0 amide bonds. The highest BCUT2D eigenvalue weighted by atomic mass is 35.5. The Morgan fingerprint density at radius 2 is 2.00 bits per heavy atom. The van der Waals surface area contributed by atoms with Crippen molar-refractivity contribution >= 4 is 28.9 Å². The van der Waals surface area contributed by atoms with Crippen LogP contribution < -0.4 is 5.32 Å². The van der Waals surface area contributed by atoms with Gasteiger partial charge in [0.05, 0.1) is 11.5 Å². The van der Waals surface area contributed by atoms with E-state index in [2.05, 4.69) is 5.32 Å². The second-order valence-electron chi connectivity index (χ2n) is 5.27. The Balaban J connectivity index is 2.32. The minimum atomic E-state index is -0.412. The molecule has 0 heterocycles. The zero-order valence-corrected chi connectivity index (χ0v) is 14.3. The van der Waals surface area contributed by atoms with E-state index in [1.165, 1.54) is 6.07 Å². The number of esters is 1. The third-order valence-electron chi connectivity index (χ3n) is 3.40. The monoisotopic (exact) mass is 342 g/mol. The number of nitrogens with one attached hydrogen (secondary N) is 1. The van der Waals surface area contributed by atoms with E-state index in [0.717, 1.165) is 25.7 Å². The molecule has 0 fully saturated rings. The fourth-order valence-corrected chi connectivity index (χ4v) is 2.33. The van der Waals surface area contributed by atoms with Crippen molar-refractivity contribution in [1.29, 1.82) is 0 Å². The average molecular weight is 343 g/mol. The largest absolute Gasteiger partial charge is 0.466 e. The number of nitrogens with zero attached hydrogens (tertiary/aromatic N) is 1. The molecular weight excluding hydrogens is 320 g/mol. The molecule has 1 rings (SSSR count). The summed E-state index contributed by atoms with van der Waals surface area (Å²) >= 11 is 6.02. The Hall–Kier alpha value is -1.82. The number of aryl methyl sites for hydroxylation is 1. The molecule has 0 unspecified atom stereocenters. The molecule has 0 aliphatic carbocycles. The topological polar surface area (TPSA) is 81.5 Å². The Morgan fingerprint density at radius 3 is 2.65 bits per heavy atom. The van der Waals surface area contributed by atoms with Gasteiger partial charge in [-0.3, -0.25) is 14.9 Å². The molecule has 0 aliphatic rings. The van der Waals surface area contributed by atoms with Gasteiger partial charge in [0.1, 0.15) is 5.69 Å². The number of hydrogen-bond donors (Lipinski definition) is 1. The van der Waals surface area contributed by atoms with Crippen LogP contribution in [-0.4, -0.2) is 24.0 Å². The van der Waals surface area contributed by atoms with E-state index in [0.29, 0.717) is 35.8 Å². The zero-order chi connectivity index (χ0) is 17.2. The van der Waals surface area contributed by atoms with E-state index in [9.17, 15) is 14.9 Å². The summed E-state index contributed by atoms with van der Waals surface area (Å²) in [5.74, 6) is -0.157. The summed E-state index contributed by atoms with van der Waals surface area (Å²) in [5.41, 5.74) is 1.16. The lowest BCUT2D eigenvalue weighted by Gasteiger charge is -2.09. The first-order valence-corrected chi connectivity index (χ1v) is 8.17. The van der Waals surface area contributed by atoms with Gasteiger partial charge in [0.2, 0.25) is 0 Å². The Labute approximate surface area is 141 Å². The molecule has 1 aromatic rings. The van der Waals surface area contributed by atoms with Crippen molar-refractivity contribution in [3.8, 4) is 0 Å². The highest BCUT2D eigenvalue weighted by Gasteiger charge is 2.15. The highest BCUT2D eigenvalue weighted by molar-refractivity contribution is 6.31. The van der Waals surface area contributed by atoms with Crippen LogP contribution in [-0.2, 0) is 9.53 Å². The quantitative estimate of drug-likeness (QED) is 0.293. The van der Waals surface area contributed by atoms with Crippen LogP contribution in [0.1, 0.15) is 44.6 Å². The van der Waals surface area contributed by atoms with Gasteiger partial charge in [0.25, 0.3) is 5.69 Å². The van der Waals surface area contributed by atoms with Crippen LogP contribution in [0.5, 0.6) is 0 Å². The summed E-state index contributed by atoms with van der Waals surface area (Å²) in [6.45, 7) is 4.57. The molecular formula is C16H23ClN2O4. The van der Waals surface area contributed by atoms with Crippen molar-refractivity contribution in [2.24, 2.45) is 0 Å². The lowest BCUT2D eigenvalue weighted by molar-refractivity contribution is -0.384. The maximum Gasteiger partial charge on any atom is 0.305 e. The van der Waals surface area contributed by atoms with Gasteiger partial charge < -0.3 is 10.1 Å². The molecule has 128 valence electrons. The van der Waals surface area contributed by atoms with E-state index in [-0.39, 0.29) is 11.7 Å². The van der Waals surface area contributed by atoms with Gasteiger partial charge in [-0.15, -0.1) is 0 Å². The second-order valence-corrected chi connectivity index (χ2v) is 5.68. The number of anilines is 1. The molecule has 0 saturated carbocycles. The maximum absolute atomic E-state index is 11.2. The maximum atomic E-state index is 11.2. The number of nitro benzene ring substituents is 1. The molecule has 1 aromatic carbocycles. The smallest absolute Gasteiger partial charge is 0.305 e. The fraction of sp³-hybridized carbons (Fsp3) is 0.562. The van der Waals surface area contributed by atoms with Crippen molar-refractivity contribution in [3.05, 3.63) is 32.8 Å². The van der Waals surface area contributed by atoms with Crippen molar-refractivity contribution in [3.63, 3.8) is 0 Å². The fourth-order valence-electron chi connectivity index (χ4n) is 2.16. The van der Waals surface area contributed by atoms with E-state index in [4.69, 9.17) is 16.3 Å². The predicted octanol–water partition coefficient (Wildman–Crippen LogP) is 4.48. The molecule has 6 nitrogen and oxygen atoms in total. The van der Waals surface area contributed by atoms with Crippen molar-refractivity contribution < 1.29 is 14.5 Å². The van der Waals surface area contributed by atoms with E-state index >= 15 is 0 Å². The number of benzene rings is 1. The molecule has 1 N–H and O–H groups in total.